The van der Waals surface area contributed by atoms with Gasteiger partial charge in [-0.2, -0.15) is 0 Å². The minimum absolute atomic E-state index is 0.150. The standard InChI is InChI=1S/C19H22ClFN2O7/c20-12-5-4-11(7-15(12)24)10-30-19(29)23-6-2-1-3-14(23)18(28)22-13(8-17(26)27)16(25)9-21/h4-5,7,13-14,24H,1-3,6,8-10H2,(H,22,28)(H,26,27). The number of hydrogen-bond donors (Lipinski definition) is 3. The van der Waals surface area contributed by atoms with Crippen LogP contribution in [0.3, 0.4) is 0 Å². The van der Waals surface area contributed by atoms with Gasteiger partial charge in [-0.05, 0) is 37.0 Å². The third kappa shape index (κ3) is 6.31. The lowest BCUT2D eigenvalue weighted by Gasteiger charge is -2.34. The molecule has 1 aromatic carbocycles. The predicted octanol–water partition coefficient (Wildman–Crippen LogP) is 2.03. The summed E-state index contributed by atoms with van der Waals surface area (Å²) in [5.41, 5.74) is 0.485. The van der Waals surface area contributed by atoms with E-state index in [-0.39, 0.29) is 30.3 Å². The number of piperidine rings is 1. The lowest BCUT2D eigenvalue weighted by atomic mass is 10.0. The number of carbonyl (C=O) groups excluding carboxylic acids is 3. The molecule has 0 bridgehead atoms. The number of alkyl halides is 1. The zero-order chi connectivity index (χ0) is 22.3. The zero-order valence-corrected chi connectivity index (χ0v) is 16.7. The summed E-state index contributed by atoms with van der Waals surface area (Å²) in [5.74, 6) is -3.34. The van der Waals surface area contributed by atoms with Crippen LogP contribution in [0, 0.1) is 0 Å². The number of aliphatic carboxylic acids is 1. The zero-order valence-electron chi connectivity index (χ0n) is 16.0. The molecule has 164 valence electrons. The van der Waals surface area contributed by atoms with Gasteiger partial charge in [0.15, 0.2) is 5.78 Å². The summed E-state index contributed by atoms with van der Waals surface area (Å²) in [7, 11) is 0. The van der Waals surface area contributed by atoms with E-state index in [1.807, 2.05) is 0 Å². The van der Waals surface area contributed by atoms with Gasteiger partial charge < -0.3 is 20.3 Å². The van der Waals surface area contributed by atoms with Crippen LogP contribution in [0.15, 0.2) is 18.2 Å². The van der Waals surface area contributed by atoms with Crippen molar-refractivity contribution in [2.24, 2.45) is 0 Å². The van der Waals surface area contributed by atoms with Gasteiger partial charge in [-0.3, -0.25) is 19.3 Å². The van der Waals surface area contributed by atoms with Gasteiger partial charge in [0.25, 0.3) is 0 Å². The molecule has 0 spiro atoms. The minimum Gasteiger partial charge on any atom is -0.506 e. The van der Waals surface area contributed by atoms with Crippen LogP contribution in [0.4, 0.5) is 9.18 Å². The summed E-state index contributed by atoms with van der Waals surface area (Å²) in [5, 5.41) is 20.9. The highest BCUT2D eigenvalue weighted by Crippen LogP contribution is 2.24. The highest BCUT2D eigenvalue weighted by atomic mass is 35.5. The highest BCUT2D eigenvalue weighted by molar-refractivity contribution is 6.32. The van der Waals surface area contributed by atoms with Gasteiger partial charge in [0, 0.05) is 6.54 Å². The van der Waals surface area contributed by atoms with Crippen molar-refractivity contribution in [1.82, 2.24) is 10.2 Å². The number of phenols is 1. The van der Waals surface area contributed by atoms with E-state index in [9.17, 15) is 28.7 Å². The summed E-state index contributed by atoms with van der Waals surface area (Å²) in [4.78, 5) is 48.8. The van der Waals surface area contributed by atoms with Gasteiger partial charge in [-0.1, -0.05) is 17.7 Å². The van der Waals surface area contributed by atoms with Gasteiger partial charge >= 0.3 is 12.1 Å². The van der Waals surface area contributed by atoms with Crippen molar-refractivity contribution < 1.29 is 38.5 Å². The number of Topliss-reactive ketones (excluding diaryl/α,β-unsaturated/α-hetero) is 1. The van der Waals surface area contributed by atoms with Gasteiger partial charge in [0.05, 0.1) is 11.4 Å². The second-order valence-corrected chi connectivity index (χ2v) is 7.21. The van der Waals surface area contributed by atoms with Crippen molar-refractivity contribution in [3.8, 4) is 5.75 Å². The maximum absolute atomic E-state index is 12.7. The van der Waals surface area contributed by atoms with Crippen LogP contribution < -0.4 is 5.32 Å². The number of nitrogens with one attached hydrogen (secondary N) is 1. The fraction of sp³-hybridized carbons (Fsp3) is 0.474. The van der Waals surface area contributed by atoms with Crippen LogP contribution in [0.5, 0.6) is 5.75 Å². The molecule has 0 aromatic heterocycles. The Labute approximate surface area is 176 Å². The van der Waals surface area contributed by atoms with Crippen LogP contribution in [-0.2, 0) is 25.7 Å². The lowest BCUT2D eigenvalue weighted by Crippen LogP contribution is -2.55. The Morgan fingerprint density at radius 3 is 2.67 bits per heavy atom. The SMILES string of the molecule is O=C(O)CC(NC(=O)C1CCCCN1C(=O)OCc1ccc(Cl)c(O)c1)C(=O)CF. The van der Waals surface area contributed by atoms with Crippen LogP contribution in [-0.4, -0.2) is 64.2 Å². The van der Waals surface area contributed by atoms with E-state index >= 15 is 0 Å². The number of nitrogens with zero attached hydrogens (tertiary/aromatic N) is 1. The first-order chi connectivity index (χ1) is 14.2. The van der Waals surface area contributed by atoms with Crippen molar-refractivity contribution in [2.45, 2.75) is 44.4 Å². The van der Waals surface area contributed by atoms with Crippen LogP contribution in [0.2, 0.25) is 5.02 Å². The van der Waals surface area contributed by atoms with E-state index in [1.165, 1.54) is 17.0 Å². The smallest absolute Gasteiger partial charge is 0.410 e. The molecule has 0 saturated carbocycles. The second kappa shape index (κ2) is 10.8. The number of rotatable bonds is 8. The molecule has 2 atom stereocenters. The van der Waals surface area contributed by atoms with Crippen LogP contribution >= 0.6 is 11.6 Å². The number of hydrogen-bond acceptors (Lipinski definition) is 6. The Bertz CT molecular complexity index is 820. The molecule has 1 aliphatic rings. The number of benzene rings is 1. The molecule has 1 saturated heterocycles. The number of likely N-dealkylation sites (tertiary alicyclic amines) is 1. The van der Waals surface area contributed by atoms with E-state index in [4.69, 9.17) is 21.4 Å². The largest absolute Gasteiger partial charge is 0.506 e. The molecule has 11 heteroatoms. The Hall–Kier alpha value is -2.88. The number of carbonyl (C=O) groups is 4. The second-order valence-electron chi connectivity index (χ2n) is 6.80. The Balaban J connectivity index is 2.03. The number of phenolic OH excluding ortho intramolecular Hbond substituents is 1. The number of carboxylic acids is 1. The average Bonchev–Trinajstić information content (AvgIpc) is 2.72. The topological polar surface area (TPSA) is 133 Å². The molecule has 1 aromatic rings. The molecule has 2 amide bonds. The molecule has 9 nitrogen and oxygen atoms in total. The number of aromatic hydroxyl groups is 1. The van der Waals surface area contributed by atoms with Crippen molar-refractivity contribution in [3.63, 3.8) is 0 Å². The normalized spacial score (nSPS) is 17.1. The third-order valence-corrected chi connectivity index (χ3v) is 4.95. The van der Waals surface area contributed by atoms with Crippen molar-refractivity contribution >= 4 is 35.4 Å². The van der Waals surface area contributed by atoms with Crippen molar-refractivity contribution in [3.05, 3.63) is 28.8 Å². The number of carboxylic acid groups (broad SMARTS) is 1. The number of halogens is 2. The third-order valence-electron chi connectivity index (χ3n) is 4.63. The Morgan fingerprint density at radius 2 is 2.03 bits per heavy atom. The molecule has 2 rings (SSSR count). The van der Waals surface area contributed by atoms with Gasteiger partial charge in [0.2, 0.25) is 5.91 Å². The van der Waals surface area contributed by atoms with E-state index in [0.29, 0.717) is 18.4 Å². The first-order valence-corrected chi connectivity index (χ1v) is 9.62. The first-order valence-electron chi connectivity index (χ1n) is 9.24. The van der Waals surface area contributed by atoms with E-state index in [1.54, 1.807) is 6.07 Å². The van der Waals surface area contributed by atoms with Crippen LogP contribution in [0.1, 0.15) is 31.2 Å². The monoisotopic (exact) mass is 444 g/mol. The fourth-order valence-corrected chi connectivity index (χ4v) is 3.20. The Kier molecular flexibility index (Phi) is 8.40. The molecule has 0 aliphatic carbocycles. The van der Waals surface area contributed by atoms with Crippen molar-refractivity contribution in [2.75, 3.05) is 13.2 Å². The van der Waals surface area contributed by atoms with E-state index in [2.05, 4.69) is 5.32 Å². The van der Waals surface area contributed by atoms with Crippen LogP contribution in [0.25, 0.3) is 0 Å². The molecule has 3 N–H and O–H groups in total. The first kappa shape index (κ1) is 23.4. The van der Waals surface area contributed by atoms with Gasteiger partial charge in [-0.15, -0.1) is 0 Å². The van der Waals surface area contributed by atoms with Gasteiger partial charge in [0.1, 0.15) is 31.1 Å². The van der Waals surface area contributed by atoms with E-state index < -0.39 is 48.9 Å². The molecule has 0 radical (unpaired) electrons. The molecule has 30 heavy (non-hydrogen) atoms. The molecular formula is C19H22ClFN2O7. The van der Waals surface area contributed by atoms with Gasteiger partial charge in [-0.25, -0.2) is 9.18 Å². The highest BCUT2D eigenvalue weighted by Gasteiger charge is 2.35. The summed E-state index contributed by atoms with van der Waals surface area (Å²) in [6, 6.07) is 1.86. The maximum atomic E-state index is 12.7. The molecular weight excluding hydrogens is 423 g/mol. The number of amides is 2. The Morgan fingerprint density at radius 1 is 1.30 bits per heavy atom. The minimum atomic E-state index is -1.52. The molecule has 1 fully saturated rings. The summed E-state index contributed by atoms with van der Waals surface area (Å²) in [6.45, 7) is -1.36. The molecule has 1 aliphatic heterocycles. The summed E-state index contributed by atoms with van der Waals surface area (Å²) < 4.78 is 17.9. The van der Waals surface area contributed by atoms with E-state index in [0.717, 1.165) is 0 Å². The average molecular weight is 445 g/mol. The fourth-order valence-electron chi connectivity index (χ4n) is 3.08. The summed E-state index contributed by atoms with van der Waals surface area (Å²) >= 11 is 5.73. The van der Waals surface area contributed by atoms with Crippen molar-refractivity contribution in [1.29, 1.82) is 0 Å². The maximum Gasteiger partial charge on any atom is 0.410 e. The molecule has 2 unspecified atom stereocenters. The lowest BCUT2D eigenvalue weighted by molar-refractivity contribution is -0.140. The number of ketones is 1. The number of ether oxygens (including phenoxy) is 1. The summed E-state index contributed by atoms with van der Waals surface area (Å²) in [6.07, 6.45) is 0.00428. The predicted molar refractivity (Wildman–Crippen MR) is 103 cm³/mol. The quantitative estimate of drug-likeness (QED) is 0.558. The molecule has 1 heterocycles.